The molecule has 1 N–H and O–H groups in total. The van der Waals surface area contributed by atoms with Crippen LogP contribution in [0.1, 0.15) is 57.0 Å². The van der Waals surface area contributed by atoms with Gasteiger partial charge in [0.1, 0.15) is 0 Å². The highest BCUT2D eigenvalue weighted by Gasteiger charge is 2.30. The minimum absolute atomic E-state index is 0.249. The van der Waals surface area contributed by atoms with E-state index in [0.717, 1.165) is 24.7 Å². The second kappa shape index (κ2) is 7.71. The van der Waals surface area contributed by atoms with Crippen molar-refractivity contribution in [1.82, 2.24) is 15.5 Å². The lowest BCUT2D eigenvalue weighted by Crippen LogP contribution is -2.31. The Hall–Kier alpha value is -0.200. The molecular weight excluding hydrogens is 290 g/mol. The molecule has 1 fully saturated rings. The van der Waals surface area contributed by atoms with Gasteiger partial charge in [-0.05, 0) is 19.9 Å². The summed E-state index contributed by atoms with van der Waals surface area (Å²) in [4.78, 5) is 4.66. The van der Waals surface area contributed by atoms with Gasteiger partial charge in [-0.25, -0.2) is 0 Å². The van der Waals surface area contributed by atoms with Crippen molar-refractivity contribution in [3.8, 4) is 0 Å². The molecular formula is C14H25N3OS2. The zero-order chi connectivity index (χ0) is 14.5. The summed E-state index contributed by atoms with van der Waals surface area (Å²) in [5, 5.41) is 8.65. The van der Waals surface area contributed by atoms with Crippen LogP contribution in [0.4, 0.5) is 0 Å². The Morgan fingerprint density at radius 3 is 2.80 bits per heavy atom. The SMILES string of the molecule is CCCNC(C)C(C)c1nc(C2SCCSC2C)no1. The molecule has 1 aliphatic heterocycles. The van der Waals surface area contributed by atoms with E-state index in [1.54, 1.807) is 0 Å². The summed E-state index contributed by atoms with van der Waals surface area (Å²) in [6.07, 6.45) is 1.14. The molecule has 4 nitrogen and oxygen atoms in total. The molecule has 0 saturated carbocycles. The number of aromatic nitrogens is 2. The Morgan fingerprint density at radius 2 is 2.10 bits per heavy atom. The minimum Gasteiger partial charge on any atom is -0.339 e. The van der Waals surface area contributed by atoms with Crippen molar-refractivity contribution < 1.29 is 4.52 Å². The fourth-order valence-electron chi connectivity index (χ4n) is 2.23. The molecule has 114 valence electrons. The fraction of sp³-hybridized carbons (Fsp3) is 0.857. The van der Waals surface area contributed by atoms with Gasteiger partial charge in [0.2, 0.25) is 5.89 Å². The maximum Gasteiger partial charge on any atom is 0.231 e. The zero-order valence-electron chi connectivity index (χ0n) is 12.8. The first-order valence-corrected chi connectivity index (χ1v) is 9.53. The third-order valence-corrected chi connectivity index (χ3v) is 6.84. The highest BCUT2D eigenvalue weighted by molar-refractivity contribution is 8.06. The topological polar surface area (TPSA) is 51.0 Å². The molecule has 4 unspecified atom stereocenters. The van der Waals surface area contributed by atoms with E-state index in [2.05, 4.69) is 43.2 Å². The van der Waals surface area contributed by atoms with Gasteiger partial charge in [-0.2, -0.15) is 16.7 Å². The average Bonchev–Trinajstić information content (AvgIpc) is 2.94. The van der Waals surface area contributed by atoms with E-state index in [9.17, 15) is 0 Å². The van der Waals surface area contributed by atoms with Crippen molar-refractivity contribution in [1.29, 1.82) is 0 Å². The summed E-state index contributed by atoms with van der Waals surface area (Å²) >= 11 is 3.95. The predicted octanol–water partition coefficient (Wildman–Crippen LogP) is 3.47. The second-order valence-electron chi connectivity index (χ2n) is 5.39. The number of hydrogen-bond acceptors (Lipinski definition) is 6. The largest absolute Gasteiger partial charge is 0.339 e. The lowest BCUT2D eigenvalue weighted by atomic mass is 10.0. The van der Waals surface area contributed by atoms with Crippen LogP contribution in [-0.4, -0.2) is 39.5 Å². The Kier molecular flexibility index (Phi) is 6.23. The van der Waals surface area contributed by atoms with E-state index in [1.165, 1.54) is 11.5 Å². The van der Waals surface area contributed by atoms with Crippen LogP contribution < -0.4 is 5.32 Å². The third kappa shape index (κ3) is 3.92. The first-order valence-electron chi connectivity index (χ1n) is 7.43. The lowest BCUT2D eigenvalue weighted by Gasteiger charge is -2.24. The molecule has 1 aromatic heterocycles. The van der Waals surface area contributed by atoms with Crippen molar-refractivity contribution >= 4 is 23.5 Å². The minimum atomic E-state index is 0.249. The van der Waals surface area contributed by atoms with E-state index < -0.39 is 0 Å². The molecule has 2 rings (SSSR count). The summed E-state index contributed by atoms with van der Waals surface area (Å²) in [6, 6.07) is 0.356. The van der Waals surface area contributed by atoms with Gasteiger partial charge in [0, 0.05) is 22.8 Å². The van der Waals surface area contributed by atoms with Crippen LogP contribution in [-0.2, 0) is 0 Å². The van der Waals surface area contributed by atoms with Crippen LogP contribution in [0.3, 0.4) is 0 Å². The molecule has 0 aliphatic carbocycles. The van der Waals surface area contributed by atoms with Crippen LogP contribution in [0, 0.1) is 0 Å². The van der Waals surface area contributed by atoms with Crippen LogP contribution in [0.15, 0.2) is 4.52 Å². The molecule has 6 heteroatoms. The van der Waals surface area contributed by atoms with Gasteiger partial charge in [-0.3, -0.25) is 0 Å². The number of rotatable bonds is 6. The molecule has 0 spiro atoms. The van der Waals surface area contributed by atoms with E-state index in [4.69, 9.17) is 4.52 Å². The smallest absolute Gasteiger partial charge is 0.231 e. The van der Waals surface area contributed by atoms with E-state index in [0.29, 0.717) is 16.5 Å². The molecule has 20 heavy (non-hydrogen) atoms. The number of nitrogens with one attached hydrogen (secondary N) is 1. The Labute approximate surface area is 130 Å². The molecule has 0 amide bonds. The summed E-state index contributed by atoms with van der Waals surface area (Å²) in [7, 11) is 0. The summed E-state index contributed by atoms with van der Waals surface area (Å²) in [5.41, 5.74) is 0. The predicted molar refractivity (Wildman–Crippen MR) is 87.6 cm³/mol. The number of nitrogens with zero attached hydrogens (tertiary/aromatic N) is 2. The van der Waals surface area contributed by atoms with Crippen LogP contribution in [0.5, 0.6) is 0 Å². The summed E-state index contributed by atoms with van der Waals surface area (Å²) in [6.45, 7) is 9.79. The van der Waals surface area contributed by atoms with Crippen molar-refractivity contribution in [2.24, 2.45) is 0 Å². The van der Waals surface area contributed by atoms with Gasteiger partial charge < -0.3 is 9.84 Å². The van der Waals surface area contributed by atoms with Crippen molar-refractivity contribution in [3.05, 3.63) is 11.7 Å². The van der Waals surface area contributed by atoms with Gasteiger partial charge in [0.25, 0.3) is 0 Å². The summed E-state index contributed by atoms with van der Waals surface area (Å²) in [5.74, 6) is 4.28. The third-order valence-electron chi connectivity index (χ3n) is 3.76. The molecule has 4 atom stereocenters. The van der Waals surface area contributed by atoms with Crippen molar-refractivity contribution in [2.45, 2.75) is 56.6 Å². The first-order chi connectivity index (χ1) is 9.63. The Bertz CT molecular complexity index is 413. The normalized spacial score (nSPS) is 26.4. The fourth-order valence-corrected chi connectivity index (χ4v) is 4.91. The van der Waals surface area contributed by atoms with Gasteiger partial charge in [-0.1, -0.05) is 25.9 Å². The molecule has 1 aromatic rings. The van der Waals surface area contributed by atoms with Gasteiger partial charge >= 0.3 is 0 Å². The average molecular weight is 316 g/mol. The molecule has 1 saturated heterocycles. The quantitative estimate of drug-likeness (QED) is 0.867. The number of thioether (sulfide) groups is 2. The van der Waals surface area contributed by atoms with Gasteiger partial charge in [0.05, 0.1) is 11.2 Å². The maximum atomic E-state index is 5.51. The van der Waals surface area contributed by atoms with Crippen LogP contribution in [0.25, 0.3) is 0 Å². The van der Waals surface area contributed by atoms with Gasteiger partial charge in [-0.15, -0.1) is 11.8 Å². The second-order valence-corrected chi connectivity index (χ2v) is 8.12. The van der Waals surface area contributed by atoms with Gasteiger partial charge in [0.15, 0.2) is 5.82 Å². The van der Waals surface area contributed by atoms with Crippen molar-refractivity contribution in [2.75, 3.05) is 18.1 Å². The molecule has 1 aliphatic rings. The highest BCUT2D eigenvalue weighted by Crippen LogP contribution is 2.41. The van der Waals surface area contributed by atoms with Crippen molar-refractivity contribution in [3.63, 3.8) is 0 Å². The molecule has 0 aromatic carbocycles. The van der Waals surface area contributed by atoms with E-state index in [-0.39, 0.29) is 5.92 Å². The van der Waals surface area contributed by atoms with Crippen LogP contribution >= 0.6 is 23.5 Å². The molecule has 2 heterocycles. The molecule has 0 bridgehead atoms. The summed E-state index contributed by atoms with van der Waals surface area (Å²) < 4.78 is 5.51. The number of hydrogen-bond donors (Lipinski definition) is 1. The van der Waals surface area contributed by atoms with E-state index >= 15 is 0 Å². The lowest BCUT2D eigenvalue weighted by molar-refractivity contribution is 0.328. The standard InChI is InChI=1S/C14H25N3OS2/c1-5-6-15-10(3)9(2)14-16-13(17-18-14)12-11(4)19-7-8-20-12/h9-12,15H,5-8H2,1-4H3. The zero-order valence-corrected chi connectivity index (χ0v) is 14.4. The Balaban J connectivity index is 2.00. The first kappa shape index (κ1) is 16.2. The Morgan fingerprint density at radius 1 is 1.35 bits per heavy atom. The monoisotopic (exact) mass is 315 g/mol. The van der Waals surface area contributed by atoms with Crippen LogP contribution in [0.2, 0.25) is 0 Å². The van der Waals surface area contributed by atoms with E-state index in [1.807, 2.05) is 23.5 Å². The maximum absolute atomic E-state index is 5.51. The molecule has 0 radical (unpaired) electrons. The highest BCUT2D eigenvalue weighted by atomic mass is 32.2.